The highest BCUT2D eigenvalue weighted by atomic mass is 16.6. The van der Waals surface area contributed by atoms with Gasteiger partial charge in [-0.15, -0.1) is 0 Å². The molecule has 0 saturated carbocycles. The van der Waals surface area contributed by atoms with Gasteiger partial charge in [-0.3, -0.25) is 0 Å². The van der Waals surface area contributed by atoms with Crippen LogP contribution in [0.1, 0.15) is 24.8 Å². The monoisotopic (exact) mass is 291 g/mol. The van der Waals surface area contributed by atoms with Crippen LogP contribution in [0.2, 0.25) is 0 Å². The van der Waals surface area contributed by atoms with Crippen molar-refractivity contribution in [2.24, 2.45) is 0 Å². The SMILES string of the molecule is O=C(OCc1ccccc1)N1CCC[C@@H]1[C@H](O)C[C@H]1CO1. The molecular weight excluding hydrogens is 270 g/mol. The molecule has 114 valence electrons. The molecule has 2 aliphatic heterocycles. The number of carbonyl (C=O) groups excluding carboxylic acids is 1. The smallest absolute Gasteiger partial charge is 0.410 e. The van der Waals surface area contributed by atoms with Gasteiger partial charge in [0.05, 0.1) is 24.9 Å². The zero-order valence-corrected chi connectivity index (χ0v) is 12.0. The Labute approximate surface area is 124 Å². The second-order valence-electron chi connectivity index (χ2n) is 5.70. The minimum Gasteiger partial charge on any atom is -0.445 e. The van der Waals surface area contributed by atoms with E-state index in [9.17, 15) is 9.90 Å². The summed E-state index contributed by atoms with van der Waals surface area (Å²) in [5, 5.41) is 10.2. The highest BCUT2D eigenvalue weighted by Gasteiger charge is 2.38. The van der Waals surface area contributed by atoms with Gasteiger partial charge in [0, 0.05) is 13.0 Å². The number of likely N-dealkylation sites (tertiary alicyclic amines) is 1. The fourth-order valence-corrected chi connectivity index (χ4v) is 2.85. The van der Waals surface area contributed by atoms with Gasteiger partial charge in [0.15, 0.2) is 0 Å². The molecule has 2 aliphatic rings. The van der Waals surface area contributed by atoms with Crippen LogP contribution in [0.25, 0.3) is 0 Å². The van der Waals surface area contributed by atoms with Crippen molar-refractivity contribution < 1.29 is 19.4 Å². The molecule has 21 heavy (non-hydrogen) atoms. The Hall–Kier alpha value is -1.59. The lowest BCUT2D eigenvalue weighted by atomic mass is 10.0. The van der Waals surface area contributed by atoms with Gasteiger partial charge < -0.3 is 19.5 Å². The van der Waals surface area contributed by atoms with E-state index in [1.807, 2.05) is 30.3 Å². The van der Waals surface area contributed by atoms with E-state index in [1.54, 1.807) is 4.90 Å². The molecule has 1 N–H and O–H groups in total. The van der Waals surface area contributed by atoms with Crippen molar-refractivity contribution in [1.29, 1.82) is 0 Å². The molecule has 5 nitrogen and oxygen atoms in total. The lowest BCUT2D eigenvalue weighted by Gasteiger charge is -2.27. The molecule has 1 amide bonds. The maximum Gasteiger partial charge on any atom is 0.410 e. The van der Waals surface area contributed by atoms with Crippen LogP contribution in [0.4, 0.5) is 4.79 Å². The summed E-state index contributed by atoms with van der Waals surface area (Å²) in [6.07, 6.45) is 1.65. The van der Waals surface area contributed by atoms with E-state index in [4.69, 9.17) is 9.47 Å². The van der Waals surface area contributed by atoms with Crippen molar-refractivity contribution >= 4 is 6.09 Å². The first-order valence-electron chi connectivity index (χ1n) is 7.51. The van der Waals surface area contributed by atoms with Crippen LogP contribution < -0.4 is 0 Å². The van der Waals surface area contributed by atoms with E-state index < -0.39 is 6.10 Å². The standard InChI is InChI=1S/C16H21NO4/c18-15(9-13-11-20-13)14-7-4-8-17(14)16(19)21-10-12-5-2-1-3-6-12/h1-3,5-6,13-15,18H,4,7-11H2/t13-,14+,15+/m0/s1. The van der Waals surface area contributed by atoms with Gasteiger partial charge in [-0.25, -0.2) is 4.79 Å². The van der Waals surface area contributed by atoms with E-state index >= 15 is 0 Å². The van der Waals surface area contributed by atoms with Gasteiger partial charge in [0.25, 0.3) is 0 Å². The van der Waals surface area contributed by atoms with Crippen molar-refractivity contribution in [3.8, 4) is 0 Å². The van der Waals surface area contributed by atoms with Gasteiger partial charge in [0.2, 0.25) is 0 Å². The molecule has 0 radical (unpaired) electrons. The molecule has 0 unspecified atom stereocenters. The minimum absolute atomic E-state index is 0.141. The number of hydrogen-bond acceptors (Lipinski definition) is 4. The van der Waals surface area contributed by atoms with E-state index in [1.165, 1.54) is 0 Å². The maximum absolute atomic E-state index is 12.2. The second-order valence-corrected chi connectivity index (χ2v) is 5.70. The molecule has 2 saturated heterocycles. The topological polar surface area (TPSA) is 62.3 Å². The Morgan fingerprint density at radius 1 is 1.43 bits per heavy atom. The van der Waals surface area contributed by atoms with Crippen LogP contribution in [0.3, 0.4) is 0 Å². The quantitative estimate of drug-likeness (QED) is 0.842. The number of aliphatic hydroxyl groups excluding tert-OH is 1. The van der Waals surface area contributed by atoms with Crippen LogP contribution in [0, 0.1) is 0 Å². The summed E-state index contributed by atoms with van der Waals surface area (Å²) in [5.74, 6) is 0. The Balaban J connectivity index is 1.52. The van der Waals surface area contributed by atoms with Gasteiger partial charge >= 0.3 is 6.09 Å². The summed E-state index contributed by atoms with van der Waals surface area (Å²) in [5.41, 5.74) is 0.966. The van der Waals surface area contributed by atoms with Crippen molar-refractivity contribution in [3.63, 3.8) is 0 Å². The molecular formula is C16H21NO4. The normalized spacial score (nSPS) is 25.7. The van der Waals surface area contributed by atoms with Gasteiger partial charge in [0.1, 0.15) is 6.61 Å². The number of nitrogens with zero attached hydrogens (tertiary/aromatic N) is 1. The van der Waals surface area contributed by atoms with Crippen LogP contribution in [0.5, 0.6) is 0 Å². The van der Waals surface area contributed by atoms with E-state index in [0.29, 0.717) is 13.0 Å². The first-order valence-corrected chi connectivity index (χ1v) is 7.51. The molecule has 1 aromatic carbocycles. The Bertz CT molecular complexity index is 474. The van der Waals surface area contributed by atoms with Crippen LogP contribution in [-0.4, -0.2) is 47.5 Å². The van der Waals surface area contributed by atoms with E-state index in [-0.39, 0.29) is 24.8 Å². The lowest BCUT2D eigenvalue weighted by Crippen LogP contribution is -2.43. The molecule has 2 heterocycles. The minimum atomic E-state index is -0.524. The first kappa shape index (κ1) is 14.4. The predicted molar refractivity (Wildman–Crippen MR) is 76.7 cm³/mol. The van der Waals surface area contributed by atoms with Crippen LogP contribution >= 0.6 is 0 Å². The molecule has 0 aliphatic carbocycles. The average molecular weight is 291 g/mol. The van der Waals surface area contributed by atoms with Crippen molar-refractivity contribution in [1.82, 2.24) is 4.90 Å². The lowest BCUT2D eigenvalue weighted by molar-refractivity contribution is 0.0414. The van der Waals surface area contributed by atoms with E-state index in [2.05, 4.69) is 0 Å². The van der Waals surface area contributed by atoms with Crippen LogP contribution in [-0.2, 0) is 16.1 Å². The summed E-state index contributed by atoms with van der Waals surface area (Å²) in [4.78, 5) is 13.9. The summed E-state index contributed by atoms with van der Waals surface area (Å²) in [6.45, 7) is 1.65. The fourth-order valence-electron chi connectivity index (χ4n) is 2.85. The molecule has 1 aromatic rings. The summed E-state index contributed by atoms with van der Waals surface area (Å²) < 4.78 is 10.5. The average Bonchev–Trinajstić information content (AvgIpc) is 3.18. The number of ether oxygens (including phenoxy) is 2. The Kier molecular flexibility index (Phi) is 4.41. The molecule has 0 spiro atoms. The fraction of sp³-hybridized carbons (Fsp3) is 0.562. The summed E-state index contributed by atoms with van der Waals surface area (Å²) in [7, 11) is 0. The zero-order valence-electron chi connectivity index (χ0n) is 12.0. The molecule has 3 rings (SSSR count). The van der Waals surface area contributed by atoms with Crippen molar-refractivity contribution in [2.75, 3.05) is 13.2 Å². The number of aliphatic hydroxyl groups is 1. The summed E-state index contributed by atoms with van der Waals surface area (Å²) >= 11 is 0. The maximum atomic E-state index is 12.2. The second kappa shape index (κ2) is 6.45. The Morgan fingerprint density at radius 3 is 2.90 bits per heavy atom. The third-order valence-corrected chi connectivity index (χ3v) is 4.09. The highest BCUT2D eigenvalue weighted by Crippen LogP contribution is 2.26. The third kappa shape index (κ3) is 3.74. The molecule has 2 fully saturated rings. The molecule has 0 bridgehead atoms. The van der Waals surface area contributed by atoms with Gasteiger partial charge in [-0.05, 0) is 18.4 Å². The van der Waals surface area contributed by atoms with Crippen molar-refractivity contribution in [2.45, 2.75) is 44.1 Å². The number of carbonyl (C=O) groups is 1. The number of epoxide rings is 1. The zero-order chi connectivity index (χ0) is 14.7. The first-order chi connectivity index (χ1) is 10.2. The van der Waals surface area contributed by atoms with Gasteiger partial charge in [-0.2, -0.15) is 0 Å². The largest absolute Gasteiger partial charge is 0.445 e. The molecule has 0 aromatic heterocycles. The van der Waals surface area contributed by atoms with Crippen molar-refractivity contribution in [3.05, 3.63) is 35.9 Å². The molecule has 5 heteroatoms. The Morgan fingerprint density at radius 2 is 2.19 bits per heavy atom. The van der Waals surface area contributed by atoms with Gasteiger partial charge in [-0.1, -0.05) is 30.3 Å². The third-order valence-electron chi connectivity index (χ3n) is 4.09. The highest BCUT2D eigenvalue weighted by molar-refractivity contribution is 5.68. The van der Waals surface area contributed by atoms with Crippen LogP contribution in [0.15, 0.2) is 30.3 Å². The summed E-state index contributed by atoms with van der Waals surface area (Å²) in [6, 6.07) is 9.47. The number of amides is 1. The number of benzene rings is 1. The number of rotatable bonds is 5. The number of hydrogen-bond donors (Lipinski definition) is 1. The molecule has 3 atom stereocenters. The van der Waals surface area contributed by atoms with E-state index in [0.717, 1.165) is 25.0 Å². The predicted octanol–water partition coefficient (Wildman–Crippen LogP) is 1.94.